The number of aryl methyl sites for hydroxylation is 1. The van der Waals surface area contributed by atoms with E-state index in [0.29, 0.717) is 23.4 Å². The first-order chi connectivity index (χ1) is 16.2. The lowest BCUT2D eigenvalue weighted by Crippen LogP contribution is -2.36. The van der Waals surface area contributed by atoms with Gasteiger partial charge in [-0.2, -0.15) is 22.0 Å². The summed E-state index contributed by atoms with van der Waals surface area (Å²) in [5.74, 6) is -5.74. The summed E-state index contributed by atoms with van der Waals surface area (Å²) in [7, 11) is -4.05. The zero-order chi connectivity index (χ0) is 26.3. The molecule has 194 valence electrons. The molecule has 0 radical (unpaired) electrons. The molecule has 0 spiro atoms. The number of carboxylic acid groups (broad SMARTS) is 1. The van der Waals surface area contributed by atoms with E-state index < -0.39 is 47.0 Å². The highest BCUT2D eigenvalue weighted by atomic mass is 35.5. The smallest absolute Gasteiger partial charge is 0.453 e. The number of hydrogen-bond acceptors (Lipinski definition) is 3. The molecule has 2 rings (SSSR count). The molecule has 2 aromatic carbocycles. The standard InChI is InChI=1S/C23H25ClF5NO4S/c24-18-11-13-19(14-12-18)35(33,34)30-20(5-1-2-15-22(25,26)23(27,28)29)17-9-7-16(8-10-17)4-3-6-21(31)32/h7-14,20,30H,1-6,15H2,(H,31,32). The molecule has 2 N–H and O–H groups in total. The fraction of sp³-hybridized carbons (Fsp3) is 0.435. The first kappa shape index (κ1) is 29.0. The van der Waals surface area contributed by atoms with E-state index in [0.717, 1.165) is 5.56 Å². The molecule has 35 heavy (non-hydrogen) atoms. The molecule has 1 atom stereocenters. The SMILES string of the molecule is O=C(O)CCCc1ccc(C(CCCCC(F)(F)C(F)(F)F)NS(=O)(=O)c2ccc(Cl)cc2)cc1. The summed E-state index contributed by atoms with van der Waals surface area (Å²) in [5.41, 5.74) is 1.31. The quantitative estimate of drug-likeness (QED) is 0.223. The summed E-state index contributed by atoms with van der Waals surface area (Å²) in [6, 6.07) is 11.1. The molecule has 0 amide bonds. The van der Waals surface area contributed by atoms with Crippen LogP contribution in [0.2, 0.25) is 5.02 Å². The number of benzene rings is 2. The Labute approximate surface area is 205 Å². The lowest BCUT2D eigenvalue weighted by molar-refractivity contribution is -0.284. The maximum atomic E-state index is 13.2. The van der Waals surface area contributed by atoms with Crippen LogP contribution >= 0.6 is 11.6 Å². The second-order valence-electron chi connectivity index (χ2n) is 8.06. The number of halogens is 6. The topological polar surface area (TPSA) is 83.5 Å². The Balaban J connectivity index is 2.15. The van der Waals surface area contributed by atoms with Gasteiger partial charge in [0.1, 0.15) is 0 Å². The summed E-state index contributed by atoms with van der Waals surface area (Å²) in [5, 5.41) is 9.07. The number of hydrogen-bond donors (Lipinski definition) is 2. The van der Waals surface area contributed by atoms with Crippen LogP contribution in [-0.4, -0.2) is 31.6 Å². The van der Waals surface area contributed by atoms with Crippen LogP contribution in [0.25, 0.3) is 0 Å². The van der Waals surface area contributed by atoms with Crippen LogP contribution < -0.4 is 4.72 Å². The van der Waals surface area contributed by atoms with Gasteiger partial charge in [-0.1, -0.05) is 42.3 Å². The average Bonchev–Trinajstić information content (AvgIpc) is 2.75. The minimum atomic E-state index is -5.64. The first-order valence-electron chi connectivity index (χ1n) is 10.7. The van der Waals surface area contributed by atoms with E-state index in [4.69, 9.17) is 16.7 Å². The zero-order valence-electron chi connectivity index (χ0n) is 18.5. The number of rotatable bonds is 13. The summed E-state index contributed by atoms with van der Waals surface area (Å²) >= 11 is 5.80. The minimum absolute atomic E-state index is 0.00612. The molecule has 0 aliphatic rings. The predicted molar refractivity (Wildman–Crippen MR) is 121 cm³/mol. The number of aliphatic carboxylic acids is 1. The largest absolute Gasteiger partial charge is 0.481 e. The molecule has 0 fully saturated rings. The average molecular weight is 542 g/mol. The third kappa shape index (κ3) is 9.05. The highest BCUT2D eigenvalue weighted by molar-refractivity contribution is 7.89. The summed E-state index contributed by atoms with van der Waals surface area (Å²) < 4.78 is 91.8. The highest BCUT2D eigenvalue weighted by Gasteiger charge is 2.56. The van der Waals surface area contributed by atoms with Crippen molar-refractivity contribution in [3.05, 3.63) is 64.7 Å². The van der Waals surface area contributed by atoms with Gasteiger partial charge in [0.05, 0.1) is 4.90 Å². The van der Waals surface area contributed by atoms with Crippen LogP contribution in [0.1, 0.15) is 55.7 Å². The predicted octanol–water partition coefficient (Wildman–Crippen LogP) is 6.52. The molecule has 0 saturated carbocycles. The van der Waals surface area contributed by atoms with Gasteiger partial charge in [-0.05, 0) is 61.1 Å². The normalized spacial score (nSPS) is 13.5. The lowest BCUT2D eigenvalue weighted by Gasteiger charge is -2.22. The van der Waals surface area contributed by atoms with Gasteiger partial charge in [0.25, 0.3) is 0 Å². The number of sulfonamides is 1. The number of unbranched alkanes of at least 4 members (excludes halogenated alkanes) is 1. The lowest BCUT2D eigenvalue weighted by atomic mass is 9.98. The summed E-state index contributed by atoms with van der Waals surface area (Å²) in [4.78, 5) is 10.6. The molecule has 5 nitrogen and oxygen atoms in total. The minimum Gasteiger partial charge on any atom is -0.481 e. The van der Waals surface area contributed by atoms with Crippen molar-refractivity contribution in [2.45, 2.75) is 68.0 Å². The van der Waals surface area contributed by atoms with E-state index in [2.05, 4.69) is 4.72 Å². The molecule has 1 unspecified atom stereocenters. The molecule has 0 saturated heterocycles. The van der Waals surface area contributed by atoms with Crippen LogP contribution in [0.15, 0.2) is 53.4 Å². The fourth-order valence-electron chi connectivity index (χ4n) is 3.36. The molecule has 0 aliphatic carbocycles. The fourth-order valence-corrected chi connectivity index (χ4v) is 4.75. The van der Waals surface area contributed by atoms with Crippen molar-refractivity contribution >= 4 is 27.6 Å². The van der Waals surface area contributed by atoms with Gasteiger partial charge in [-0.25, -0.2) is 13.1 Å². The molecule has 0 aliphatic heterocycles. The van der Waals surface area contributed by atoms with Crippen molar-refractivity contribution in [3.8, 4) is 0 Å². The molecule has 0 heterocycles. The van der Waals surface area contributed by atoms with Crippen molar-refractivity contribution in [2.75, 3.05) is 0 Å². The maximum absolute atomic E-state index is 13.2. The van der Waals surface area contributed by atoms with Gasteiger partial charge in [-0.3, -0.25) is 4.79 Å². The van der Waals surface area contributed by atoms with Gasteiger partial charge < -0.3 is 5.11 Å². The number of alkyl halides is 5. The van der Waals surface area contributed by atoms with Crippen molar-refractivity contribution in [2.24, 2.45) is 0 Å². The van der Waals surface area contributed by atoms with Crippen molar-refractivity contribution in [1.82, 2.24) is 4.72 Å². The van der Waals surface area contributed by atoms with E-state index in [-0.39, 0.29) is 24.2 Å². The van der Waals surface area contributed by atoms with Crippen LogP contribution in [0.5, 0.6) is 0 Å². The number of carboxylic acids is 1. The first-order valence-corrected chi connectivity index (χ1v) is 12.6. The molecular formula is C23H25ClF5NO4S. The van der Waals surface area contributed by atoms with Crippen LogP contribution in [0.4, 0.5) is 22.0 Å². The monoisotopic (exact) mass is 541 g/mol. The van der Waals surface area contributed by atoms with Gasteiger partial charge in [0.15, 0.2) is 0 Å². The Kier molecular flexibility index (Phi) is 10.1. The van der Waals surface area contributed by atoms with E-state index in [1.54, 1.807) is 24.3 Å². The van der Waals surface area contributed by atoms with Crippen molar-refractivity contribution in [1.29, 1.82) is 0 Å². The van der Waals surface area contributed by atoms with Crippen LogP contribution in [0, 0.1) is 0 Å². The van der Waals surface area contributed by atoms with Crippen LogP contribution in [-0.2, 0) is 21.2 Å². The third-order valence-electron chi connectivity index (χ3n) is 5.31. The maximum Gasteiger partial charge on any atom is 0.453 e. The van der Waals surface area contributed by atoms with Crippen LogP contribution in [0.3, 0.4) is 0 Å². The van der Waals surface area contributed by atoms with E-state index in [9.17, 15) is 35.2 Å². The van der Waals surface area contributed by atoms with Crippen molar-refractivity contribution in [3.63, 3.8) is 0 Å². The Bertz CT molecular complexity index is 1070. The second kappa shape index (κ2) is 12.1. The molecule has 2 aromatic rings. The number of carbonyl (C=O) groups is 1. The molecule has 12 heteroatoms. The van der Waals surface area contributed by atoms with Crippen molar-refractivity contribution < 1.29 is 40.3 Å². The Morgan fingerprint density at radius 3 is 2.09 bits per heavy atom. The Morgan fingerprint density at radius 1 is 0.943 bits per heavy atom. The number of nitrogens with one attached hydrogen (secondary N) is 1. The second-order valence-corrected chi connectivity index (χ2v) is 10.2. The Hall–Kier alpha value is -2.24. The molecular weight excluding hydrogens is 517 g/mol. The molecule has 0 bridgehead atoms. The summed E-state index contributed by atoms with van der Waals surface area (Å²) in [6.45, 7) is 0. The molecule has 0 aromatic heterocycles. The Morgan fingerprint density at radius 2 is 1.54 bits per heavy atom. The van der Waals surface area contributed by atoms with Gasteiger partial charge >= 0.3 is 18.1 Å². The van der Waals surface area contributed by atoms with E-state index in [1.807, 2.05) is 0 Å². The third-order valence-corrected chi connectivity index (χ3v) is 7.05. The van der Waals surface area contributed by atoms with Gasteiger partial charge in [0, 0.05) is 23.9 Å². The van der Waals surface area contributed by atoms with Gasteiger partial charge in [0.2, 0.25) is 10.0 Å². The van der Waals surface area contributed by atoms with E-state index in [1.165, 1.54) is 24.3 Å². The highest BCUT2D eigenvalue weighted by Crippen LogP contribution is 2.39. The zero-order valence-corrected chi connectivity index (χ0v) is 20.1. The van der Waals surface area contributed by atoms with Gasteiger partial charge in [-0.15, -0.1) is 0 Å². The van der Waals surface area contributed by atoms with E-state index >= 15 is 0 Å². The summed E-state index contributed by atoms with van der Waals surface area (Å²) in [6.07, 6.45) is -6.70.